The van der Waals surface area contributed by atoms with Crippen LogP contribution in [0.4, 0.5) is 0 Å². The fourth-order valence-electron chi connectivity index (χ4n) is 0.633. The van der Waals surface area contributed by atoms with Gasteiger partial charge in [0.25, 0.3) is 0 Å². The zero-order valence-corrected chi connectivity index (χ0v) is 7.22. The van der Waals surface area contributed by atoms with Crippen LogP contribution in [0.5, 0.6) is 0 Å². The van der Waals surface area contributed by atoms with Gasteiger partial charge in [-0.1, -0.05) is 0 Å². The molecule has 1 rings (SSSR count). The molecule has 1 saturated heterocycles. The Bertz CT molecular complexity index is 118. The molecule has 0 aromatic heterocycles. The van der Waals surface area contributed by atoms with E-state index < -0.39 is 0 Å². The maximum atomic E-state index is 10.8. The second-order valence-electron chi connectivity index (χ2n) is 1.93. The third kappa shape index (κ3) is 2.09. The van der Waals surface area contributed by atoms with E-state index in [0.29, 0.717) is 0 Å². The van der Waals surface area contributed by atoms with E-state index in [2.05, 4.69) is 5.32 Å². The summed E-state index contributed by atoms with van der Waals surface area (Å²) in [5.74, 6) is 0.0344. The Morgan fingerprint density at radius 3 is 3.33 bits per heavy atom. The summed E-state index contributed by atoms with van der Waals surface area (Å²) in [7, 11) is 0. The number of nitrogens with one attached hydrogen (secondary N) is 1. The summed E-state index contributed by atoms with van der Waals surface area (Å²) >= 11 is 0.211. The fourth-order valence-corrected chi connectivity index (χ4v) is 2.80. The third-order valence-corrected chi connectivity index (χ3v) is 4.01. The first-order valence-corrected chi connectivity index (χ1v) is 5.92. The Morgan fingerprint density at radius 1 is 1.78 bits per heavy atom. The monoisotopic (exact) mass is 241 g/mol. The van der Waals surface area contributed by atoms with Crippen molar-refractivity contribution in [2.75, 3.05) is 15.4 Å². The molecule has 1 aliphatic rings. The molecule has 0 radical (unpaired) electrons. The van der Waals surface area contributed by atoms with Crippen LogP contribution in [0.15, 0.2) is 0 Å². The Morgan fingerprint density at radius 2 is 2.56 bits per heavy atom. The normalized spacial score (nSPS) is 29.9. The van der Waals surface area contributed by atoms with Gasteiger partial charge in [-0.05, 0) is 0 Å². The number of amides is 1. The van der Waals surface area contributed by atoms with E-state index in [0.717, 1.165) is 11.0 Å². The van der Waals surface area contributed by atoms with Crippen LogP contribution in [0.25, 0.3) is 0 Å². The van der Waals surface area contributed by atoms with Crippen molar-refractivity contribution in [3.63, 3.8) is 0 Å². The Hall–Kier alpha value is 0.160. The second kappa shape index (κ2) is 3.36. The molecule has 1 heterocycles. The Balaban J connectivity index is 2.41. The molecule has 0 spiro atoms. The van der Waals surface area contributed by atoms with Crippen LogP contribution in [0.2, 0.25) is 0 Å². The van der Waals surface area contributed by atoms with E-state index in [9.17, 15) is 4.79 Å². The van der Waals surface area contributed by atoms with Crippen molar-refractivity contribution in [2.45, 2.75) is 6.04 Å². The minimum absolute atomic E-state index is 0.0344. The number of carbonyl (C=O) groups excluding carboxylic acids is 1. The first-order valence-electron chi connectivity index (χ1n) is 2.87. The van der Waals surface area contributed by atoms with Gasteiger partial charge in [0.15, 0.2) is 0 Å². The van der Waals surface area contributed by atoms with Crippen molar-refractivity contribution in [2.24, 2.45) is 5.73 Å². The van der Waals surface area contributed by atoms with Gasteiger partial charge in [-0.3, -0.25) is 0 Å². The molecule has 3 N–H and O–H groups in total. The summed E-state index contributed by atoms with van der Waals surface area (Å²) in [6.07, 6.45) is 0. The van der Waals surface area contributed by atoms with E-state index in [-0.39, 0.29) is 33.2 Å². The van der Waals surface area contributed by atoms with Gasteiger partial charge in [0.05, 0.1) is 0 Å². The summed E-state index contributed by atoms with van der Waals surface area (Å²) in [4.78, 5) is 10.8. The molecule has 4 heteroatoms. The molecule has 0 aliphatic carbocycles. The van der Waals surface area contributed by atoms with Gasteiger partial charge in [-0.25, -0.2) is 0 Å². The van der Waals surface area contributed by atoms with E-state index in [4.69, 9.17) is 5.73 Å². The molecule has 1 unspecified atom stereocenters. The molecular formula is C5H10IN2O-. The number of rotatable bonds is 0. The van der Waals surface area contributed by atoms with E-state index >= 15 is 0 Å². The predicted molar refractivity (Wildman–Crippen MR) is 30.7 cm³/mol. The number of alkyl halides is 2. The molecule has 54 valence electrons. The van der Waals surface area contributed by atoms with Crippen LogP contribution >= 0.6 is 0 Å². The number of halogens is 1. The Labute approximate surface area is 64.6 Å². The van der Waals surface area contributed by atoms with Crippen molar-refractivity contribution in [3.8, 4) is 0 Å². The van der Waals surface area contributed by atoms with Gasteiger partial charge in [0.2, 0.25) is 0 Å². The Kier molecular flexibility index (Phi) is 2.71. The van der Waals surface area contributed by atoms with E-state index in [1.54, 1.807) is 0 Å². The number of nitrogens with two attached hydrogens (primary N) is 1. The predicted octanol–water partition coefficient (Wildman–Crippen LogP) is -4.47. The molecule has 0 aromatic carbocycles. The molecule has 1 atom stereocenters. The van der Waals surface area contributed by atoms with Crippen LogP contribution in [0, 0.1) is 0 Å². The molecule has 1 amide bonds. The number of hydrogen-bond donors (Lipinski definition) is 2. The second-order valence-corrected chi connectivity index (χ2v) is 4.97. The van der Waals surface area contributed by atoms with Crippen LogP contribution in [0.3, 0.4) is 0 Å². The van der Waals surface area contributed by atoms with Crippen molar-refractivity contribution in [3.05, 3.63) is 0 Å². The summed E-state index contributed by atoms with van der Waals surface area (Å²) in [6.45, 7) is 0.847. The fraction of sp³-hybridized carbons (Fsp3) is 0.800. The molecule has 9 heavy (non-hydrogen) atoms. The van der Waals surface area contributed by atoms with Gasteiger partial charge in [-0.2, -0.15) is 0 Å². The SMILES string of the molecule is NC1C[I-]CCNC1=O. The zero-order chi connectivity index (χ0) is 6.69. The van der Waals surface area contributed by atoms with Gasteiger partial charge < -0.3 is 0 Å². The van der Waals surface area contributed by atoms with Gasteiger partial charge in [0, 0.05) is 0 Å². The first kappa shape index (κ1) is 7.27. The minimum atomic E-state index is -0.208. The number of carbonyl (C=O) groups is 1. The van der Waals surface area contributed by atoms with Crippen LogP contribution in [-0.4, -0.2) is 27.3 Å². The average molecular weight is 241 g/mol. The number of hydrogen-bond acceptors (Lipinski definition) is 2. The standard InChI is InChI=1S/C5H10IN2O/c7-4-3-6-1-2-8-5(4)9/h4H,1-3,7H2,(H,8,9)/q-1. The van der Waals surface area contributed by atoms with Crippen molar-refractivity contribution in [1.82, 2.24) is 5.32 Å². The summed E-state index contributed by atoms with van der Waals surface area (Å²) in [6, 6.07) is -0.208. The molecule has 3 nitrogen and oxygen atoms in total. The third-order valence-electron chi connectivity index (χ3n) is 1.14. The summed E-state index contributed by atoms with van der Waals surface area (Å²) in [5.41, 5.74) is 5.49. The molecule has 0 bridgehead atoms. The summed E-state index contributed by atoms with van der Waals surface area (Å²) < 4.78 is 2.13. The van der Waals surface area contributed by atoms with E-state index in [1.807, 2.05) is 0 Å². The average Bonchev–Trinajstić information content (AvgIpc) is 1.99. The molecular weight excluding hydrogens is 231 g/mol. The van der Waals surface area contributed by atoms with Crippen LogP contribution < -0.4 is 32.3 Å². The van der Waals surface area contributed by atoms with Crippen molar-refractivity contribution in [1.29, 1.82) is 0 Å². The zero-order valence-electron chi connectivity index (χ0n) is 5.06. The van der Waals surface area contributed by atoms with Gasteiger partial charge in [0.1, 0.15) is 0 Å². The molecule has 0 aromatic rings. The summed E-state index contributed by atoms with van der Waals surface area (Å²) in [5, 5.41) is 2.76. The topological polar surface area (TPSA) is 55.1 Å². The van der Waals surface area contributed by atoms with Crippen LogP contribution in [-0.2, 0) is 4.79 Å². The van der Waals surface area contributed by atoms with Crippen LogP contribution in [0.1, 0.15) is 0 Å². The van der Waals surface area contributed by atoms with Crippen molar-refractivity contribution < 1.29 is 26.0 Å². The quantitative estimate of drug-likeness (QED) is 0.332. The van der Waals surface area contributed by atoms with Gasteiger partial charge >= 0.3 is 64.4 Å². The first-order chi connectivity index (χ1) is 4.30. The van der Waals surface area contributed by atoms with E-state index in [1.165, 1.54) is 4.43 Å². The molecule has 0 saturated carbocycles. The molecule has 1 fully saturated rings. The van der Waals surface area contributed by atoms with Gasteiger partial charge in [-0.15, -0.1) is 0 Å². The molecule has 1 aliphatic heterocycles. The van der Waals surface area contributed by atoms with Crippen molar-refractivity contribution >= 4 is 5.91 Å². The maximum absolute atomic E-state index is 10.8.